The second kappa shape index (κ2) is 8.14. The first-order chi connectivity index (χ1) is 12.6. The van der Waals surface area contributed by atoms with Crippen LogP contribution >= 0.6 is 15.9 Å². The smallest absolute Gasteiger partial charge is 0.271 e. The van der Waals surface area contributed by atoms with Gasteiger partial charge in [-0.25, -0.2) is 9.37 Å². The van der Waals surface area contributed by atoms with E-state index in [9.17, 15) is 9.18 Å². The minimum Gasteiger partial charge on any atom is -0.497 e. The van der Waals surface area contributed by atoms with E-state index >= 15 is 0 Å². The molecule has 0 amide bonds. The van der Waals surface area contributed by atoms with Crippen molar-refractivity contribution in [2.75, 3.05) is 7.11 Å². The zero-order valence-corrected chi connectivity index (χ0v) is 15.6. The van der Waals surface area contributed by atoms with Crippen molar-refractivity contribution < 1.29 is 13.9 Å². The van der Waals surface area contributed by atoms with E-state index in [1.807, 2.05) is 24.3 Å². The average Bonchev–Trinajstić information content (AvgIpc) is 2.65. The van der Waals surface area contributed by atoms with Gasteiger partial charge < -0.3 is 9.47 Å². The molecule has 2 aromatic carbocycles. The Morgan fingerprint density at radius 1 is 1.15 bits per heavy atom. The fourth-order valence-corrected chi connectivity index (χ4v) is 2.85. The molecule has 0 spiro atoms. The molecule has 1 heterocycles. The van der Waals surface area contributed by atoms with Crippen LogP contribution in [-0.2, 0) is 13.2 Å². The molecule has 0 N–H and O–H groups in total. The van der Waals surface area contributed by atoms with Crippen molar-refractivity contribution in [3.63, 3.8) is 0 Å². The molecule has 0 saturated carbocycles. The third kappa shape index (κ3) is 4.29. The number of benzene rings is 2. The summed E-state index contributed by atoms with van der Waals surface area (Å²) in [5.74, 6) is 0.581. The van der Waals surface area contributed by atoms with Crippen LogP contribution in [0.4, 0.5) is 4.39 Å². The molecular formula is C19H16BrFN2O3. The molecule has 0 fully saturated rings. The summed E-state index contributed by atoms with van der Waals surface area (Å²) in [6.45, 7) is 0.467. The fourth-order valence-electron chi connectivity index (χ4n) is 2.41. The summed E-state index contributed by atoms with van der Waals surface area (Å²) >= 11 is 3.24. The number of hydrogen-bond donors (Lipinski definition) is 0. The number of rotatable bonds is 6. The molecule has 0 atom stereocenters. The van der Waals surface area contributed by atoms with Gasteiger partial charge in [-0.3, -0.25) is 9.36 Å². The van der Waals surface area contributed by atoms with Crippen LogP contribution in [0.5, 0.6) is 11.6 Å². The second-order valence-corrected chi connectivity index (χ2v) is 6.36. The summed E-state index contributed by atoms with van der Waals surface area (Å²) in [4.78, 5) is 16.7. The highest BCUT2D eigenvalue weighted by Crippen LogP contribution is 2.20. The van der Waals surface area contributed by atoms with Gasteiger partial charge in [0, 0.05) is 0 Å². The Bertz CT molecular complexity index is 975. The molecule has 0 bridgehead atoms. The molecular weight excluding hydrogens is 403 g/mol. The largest absolute Gasteiger partial charge is 0.497 e. The quantitative estimate of drug-likeness (QED) is 0.611. The molecule has 3 aromatic rings. The van der Waals surface area contributed by atoms with E-state index in [2.05, 4.69) is 20.9 Å². The minimum absolute atomic E-state index is 0.202. The van der Waals surface area contributed by atoms with Gasteiger partial charge in [0.25, 0.3) is 5.56 Å². The van der Waals surface area contributed by atoms with Gasteiger partial charge >= 0.3 is 0 Å². The summed E-state index contributed by atoms with van der Waals surface area (Å²) in [6.07, 6.45) is 1.39. The normalized spacial score (nSPS) is 10.6. The Hall–Kier alpha value is -2.67. The van der Waals surface area contributed by atoms with Crippen LogP contribution in [0.1, 0.15) is 11.1 Å². The minimum atomic E-state index is -0.346. The molecule has 0 radical (unpaired) electrons. The molecule has 0 aliphatic heterocycles. The van der Waals surface area contributed by atoms with Crippen LogP contribution in [0.3, 0.4) is 0 Å². The van der Waals surface area contributed by atoms with Crippen molar-refractivity contribution in [1.29, 1.82) is 0 Å². The SMILES string of the molecule is COc1cccc(COc2ncn(Cc3cccc(F)c3)c(=O)c2Br)c1. The number of ether oxygens (including phenoxy) is 2. The maximum atomic E-state index is 13.3. The average molecular weight is 419 g/mol. The summed E-state index contributed by atoms with van der Waals surface area (Å²) in [5, 5.41) is 0. The first kappa shape index (κ1) is 18.1. The first-order valence-electron chi connectivity index (χ1n) is 7.82. The van der Waals surface area contributed by atoms with E-state index in [-0.39, 0.29) is 34.9 Å². The number of halogens is 2. The maximum absolute atomic E-state index is 13.3. The van der Waals surface area contributed by atoms with Crippen molar-refractivity contribution >= 4 is 15.9 Å². The van der Waals surface area contributed by atoms with Crippen LogP contribution in [0, 0.1) is 5.82 Å². The van der Waals surface area contributed by atoms with E-state index in [1.54, 1.807) is 19.2 Å². The third-order valence-corrected chi connectivity index (χ3v) is 4.38. The zero-order chi connectivity index (χ0) is 18.5. The van der Waals surface area contributed by atoms with Gasteiger partial charge in [0.1, 0.15) is 29.0 Å². The van der Waals surface area contributed by atoms with Crippen molar-refractivity contribution in [3.8, 4) is 11.6 Å². The Morgan fingerprint density at radius 2 is 1.92 bits per heavy atom. The van der Waals surface area contributed by atoms with Gasteiger partial charge in [0.05, 0.1) is 13.7 Å². The predicted molar refractivity (Wildman–Crippen MR) is 99.0 cm³/mol. The third-order valence-electron chi connectivity index (χ3n) is 3.70. The highest BCUT2D eigenvalue weighted by molar-refractivity contribution is 9.10. The zero-order valence-electron chi connectivity index (χ0n) is 14.0. The van der Waals surface area contributed by atoms with E-state index in [1.165, 1.54) is 23.0 Å². The lowest BCUT2D eigenvalue weighted by Crippen LogP contribution is -2.22. The van der Waals surface area contributed by atoms with Gasteiger partial charge in [0.2, 0.25) is 5.88 Å². The topological polar surface area (TPSA) is 53.4 Å². The van der Waals surface area contributed by atoms with Gasteiger partial charge in [-0.1, -0.05) is 24.3 Å². The maximum Gasteiger partial charge on any atom is 0.271 e. The van der Waals surface area contributed by atoms with Crippen molar-refractivity contribution in [2.24, 2.45) is 0 Å². The van der Waals surface area contributed by atoms with E-state index in [0.29, 0.717) is 5.56 Å². The van der Waals surface area contributed by atoms with Crippen molar-refractivity contribution in [3.05, 3.63) is 86.6 Å². The lowest BCUT2D eigenvalue weighted by Gasteiger charge is -2.11. The van der Waals surface area contributed by atoms with E-state index in [0.717, 1.165) is 11.3 Å². The molecule has 0 unspecified atom stereocenters. The highest BCUT2D eigenvalue weighted by atomic mass is 79.9. The van der Waals surface area contributed by atoms with Crippen LogP contribution < -0.4 is 15.0 Å². The van der Waals surface area contributed by atoms with Gasteiger partial charge in [-0.15, -0.1) is 0 Å². The van der Waals surface area contributed by atoms with Crippen molar-refractivity contribution in [2.45, 2.75) is 13.2 Å². The van der Waals surface area contributed by atoms with Crippen LogP contribution in [-0.4, -0.2) is 16.7 Å². The van der Waals surface area contributed by atoms with Crippen molar-refractivity contribution in [1.82, 2.24) is 9.55 Å². The standard InChI is InChI=1S/C19H16BrFN2O3/c1-25-16-7-3-5-14(9-16)11-26-18-17(20)19(24)23(12-22-18)10-13-4-2-6-15(21)8-13/h2-9,12H,10-11H2,1H3. The lowest BCUT2D eigenvalue weighted by atomic mass is 10.2. The molecule has 5 nitrogen and oxygen atoms in total. The monoisotopic (exact) mass is 418 g/mol. The van der Waals surface area contributed by atoms with Gasteiger partial charge in [-0.05, 0) is 51.3 Å². The van der Waals surface area contributed by atoms with E-state index < -0.39 is 0 Å². The van der Waals surface area contributed by atoms with Crippen LogP contribution in [0.15, 0.2) is 64.1 Å². The molecule has 1 aromatic heterocycles. The summed E-state index contributed by atoms with van der Waals surface area (Å²) in [7, 11) is 1.59. The Balaban J connectivity index is 1.75. The molecule has 0 aliphatic carbocycles. The van der Waals surface area contributed by atoms with Crippen LogP contribution in [0.2, 0.25) is 0 Å². The summed E-state index contributed by atoms with van der Waals surface area (Å²) < 4.78 is 25.7. The number of nitrogens with zero attached hydrogens (tertiary/aromatic N) is 2. The highest BCUT2D eigenvalue weighted by Gasteiger charge is 2.11. The van der Waals surface area contributed by atoms with Gasteiger partial charge in [-0.2, -0.15) is 0 Å². The predicted octanol–water partition coefficient (Wildman–Crippen LogP) is 3.78. The van der Waals surface area contributed by atoms with Crippen LogP contribution in [0.25, 0.3) is 0 Å². The number of aromatic nitrogens is 2. The molecule has 26 heavy (non-hydrogen) atoms. The lowest BCUT2D eigenvalue weighted by molar-refractivity contribution is 0.288. The Kier molecular flexibility index (Phi) is 5.68. The molecule has 0 aliphatic rings. The Morgan fingerprint density at radius 3 is 2.69 bits per heavy atom. The van der Waals surface area contributed by atoms with Gasteiger partial charge in [0.15, 0.2) is 0 Å². The molecule has 3 rings (SSSR count). The molecule has 7 heteroatoms. The summed E-state index contributed by atoms with van der Waals surface area (Å²) in [6, 6.07) is 13.5. The summed E-state index contributed by atoms with van der Waals surface area (Å²) in [5.41, 5.74) is 1.26. The second-order valence-electron chi connectivity index (χ2n) is 5.57. The number of hydrogen-bond acceptors (Lipinski definition) is 4. The number of methoxy groups -OCH3 is 1. The van der Waals surface area contributed by atoms with E-state index in [4.69, 9.17) is 9.47 Å². The fraction of sp³-hybridized carbons (Fsp3) is 0.158. The molecule has 0 saturated heterocycles. The Labute approximate surface area is 158 Å². The first-order valence-corrected chi connectivity index (χ1v) is 8.61. The molecule has 134 valence electrons.